The van der Waals surface area contributed by atoms with Gasteiger partial charge in [-0.05, 0) is 55.3 Å². The fraction of sp³-hybridized carbons (Fsp3) is 0.154. The molecular weight excluding hydrogens is 388 g/mol. The number of carbonyl (C=O) groups is 1. The number of benzene rings is 3. The molecule has 5 nitrogen and oxygen atoms in total. The first-order valence-corrected chi connectivity index (χ1v) is 10.1. The van der Waals surface area contributed by atoms with E-state index >= 15 is 0 Å². The van der Waals surface area contributed by atoms with Crippen molar-refractivity contribution >= 4 is 17.7 Å². The van der Waals surface area contributed by atoms with Crippen LogP contribution < -0.4 is 14.9 Å². The quantitative estimate of drug-likeness (QED) is 0.385. The number of carbonyl (C=O) groups excluding carboxylic acids is 1. The van der Waals surface area contributed by atoms with Crippen molar-refractivity contribution in [2.24, 2.45) is 5.10 Å². The molecule has 0 aliphatic heterocycles. The first kappa shape index (κ1) is 21.8. The number of nitrogens with one attached hydrogen (secondary N) is 1. The van der Waals surface area contributed by atoms with Gasteiger partial charge in [0.25, 0.3) is 5.91 Å². The van der Waals surface area contributed by atoms with Gasteiger partial charge in [0.15, 0.2) is 6.10 Å². The fourth-order valence-corrected chi connectivity index (χ4v) is 2.67. The molecule has 3 aromatic rings. The van der Waals surface area contributed by atoms with Crippen molar-refractivity contribution in [3.8, 4) is 11.5 Å². The van der Waals surface area contributed by atoms with Crippen molar-refractivity contribution in [2.75, 3.05) is 0 Å². The predicted molar refractivity (Wildman–Crippen MR) is 124 cm³/mol. The molecule has 1 N–H and O–H groups in total. The molecule has 0 spiro atoms. The number of amides is 1. The van der Waals surface area contributed by atoms with Crippen LogP contribution in [-0.2, 0) is 11.4 Å². The van der Waals surface area contributed by atoms with Gasteiger partial charge in [0.1, 0.15) is 18.1 Å². The summed E-state index contributed by atoms with van der Waals surface area (Å²) < 4.78 is 11.5. The maximum absolute atomic E-state index is 12.3. The second-order valence-electron chi connectivity index (χ2n) is 6.98. The molecular formula is C26H26N2O3. The molecule has 3 rings (SSSR count). The minimum absolute atomic E-state index is 0.322. The van der Waals surface area contributed by atoms with Crippen LogP contribution in [0.5, 0.6) is 11.5 Å². The molecule has 0 aromatic heterocycles. The molecule has 0 aliphatic carbocycles. The number of hydrogen-bond acceptors (Lipinski definition) is 4. The van der Waals surface area contributed by atoms with E-state index in [1.807, 2.05) is 91.9 Å². The number of hydrazone groups is 1. The Bertz CT molecular complexity index is 1010. The van der Waals surface area contributed by atoms with E-state index in [1.54, 1.807) is 19.1 Å². The highest BCUT2D eigenvalue weighted by atomic mass is 16.5. The Balaban J connectivity index is 1.46. The van der Waals surface area contributed by atoms with E-state index in [0.717, 1.165) is 16.9 Å². The molecule has 1 amide bonds. The molecule has 0 radical (unpaired) electrons. The van der Waals surface area contributed by atoms with Gasteiger partial charge in [-0.2, -0.15) is 5.10 Å². The van der Waals surface area contributed by atoms with E-state index < -0.39 is 6.10 Å². The van der Waals surface area contributed by atoms with Crippen LogP contribution in [0.1, 0.15) is 25.0 Å². The first-order valence-electron chi connectivity index (χ1n) is 10.1. The largest absolute Gasteiger partial charge is 0.489 e. The normalized spacial score (nSPS) is 12.4. The summed E-state index contributed by atoms with van der Waals surface area (Å²) in [6, 6.07) is 27.0. The van der Waals surface area contributed by atoms with Crippen LogP contribution in [0, 0.1) is 0 Å². The van der Waals surface area contributed by atoms with Crippen LogP contribution in [0.2, 0.25) is 0 Å². The Labute approximate surface area is 183 Å². The van der Waals surface area contributed by atoms with Crippen LogP contribution in [0.25, 0.3) is 6.08 Å². The highest BCUT2D eigenvalue weighted by Gasteiger charge is 2.14. The number of rotatable bonds is 9. The molecule has 1 atom stereocenters. The summed E-state index contributed by atoms with van der Waals surface area (Å²) in [5.74, 6) is 0.995. The molecule has 158 valence electrons. The molecule has 0 bridgehead atoms. The molecule has 0 saturated heterocycles. The predicted octanol–water partition coefficient (Wildman–Crippen LogP) is 5.24. The summed E-state index contributed by atoms with van der Waals surface area (Å²) in [5.41, 5.74) is 5.39. The first-order chi connectivity index (χ1) is 15.1. The average Bonchev–Trinajstić information content (AvgIpc) is 2.82. The second kappa shape index (κ2) is 11.4. The van der Waals surface area contributed by atoms with E-state index in [9.17, 15) is 4.79 Å². The SMILES string of the molecule is CC(/C=C/c1ccccc1)=N/NC(=O)[C@H](C)Oc1ccc(OCc2ccccc2)cc1. The van der Waals surface area contributed by atoms with Crippen molar-refractivity contribution in [1.82, 2.24) is 5.43 Å². The van der Waals surface area contributed by atoms with Crippen LogP contribution in [0.15, 0.2) is 96.1 Å². The van der Waals surface area contributed by atoms with E-state index in [2.05, 4.69) is 10.5 Å². The molecule has 3 aromatic carbocycles. The Hall–Kier alpha value is -3.86. The third kappa shape index (κ3) is 7.48. The highest BCUT2D eigenvalue weighted by molar-refractivity contribution is 5.97. The van der Waals surface area contributed by atoms with E-state index in [1.165, 1.54) is 0 Å². The van der Waals surface area contributed by atoms with Gasteiger partial charge < -0.3 is 9.47 Å². The number of allylic oxidation sites excluding steroid dienone is 1. The molecule has 0 saturated carbocycles. The maximum Gasteiger partial charge on any atom is 0.280 e. The van der Waals surface area contributed by atoms with Crippen LogP contribution in [-0.4, -0.2) is 17.7 Å². The van der Waals surface area contributed by atoms with Gasteiger partial charge >= 0.3 is 0 Å². The van der Waals surface area contributed by atoms with E-state index in [4.69, 9.17) is 9.47 Å². The lowest BCUT2D eigenvalue weighted by Crippen LogP contribution is -2.33. The fourth-order valence-electron chi connectivity index (χ4n) is 2.67. The minimum Gasteiger partial charge on any atom is -0.489 e. The Morgan fingerprint density at radius 1 is 0.935 bits per heavy atom. The Morgan fingerprint density at radius 2 is 1.55 bits per heavy atom. The molecule has 5 heteroatoms. The highest BCUT2D eigenvalue weighted by Crippen LogP contribution is 2.19. The van der Waals surface area contributed by atoms with E-state index in [-0.39, 0.29) is 5.91 Å². The van der Waals surface area contributed by atoms with Gasteiger partial charge in [0.05, 0.1) is 5.71 Å². The zero-order valence-electron chi connectivity index (χ0n) is 17.7. The van der Waals surface area contributed by atoms with Gasteiger partial charge in [-0.15, -0.1) is 0 Å². The maximum atomic E-state index is 12.3. The lowest BCUT2D eigenvalue weighted by atomic mass is 10.2. The van der Waals surface area contributed by atoms with Crippen molar-refractivity contribution in [2.45, 2.75) is 26.6 Å². The number of hydrogen-bond donors (Lipinski definition) is 1. The third-order valence-electron chi connectivity index (χ3n) is 4.41. The van der Waals surface area contributed by atoms with Crippen LogP contribution >= 0.6 is 0 Å². The van der Waals surface area contributed by atoms with Crippen LogP contribution in [0.3, 0.4) is 0 Å². The molecule has 0 unspecified atom stereocenters. The van der Waals surface area contributed by atoms with Gasteiger partial charge in [-0.3, -0.25) is 4.79 Å². The standard InChI is InChI=1S/C26H26N2O3/c1-20(13-14-22-9-5-3-6-10-22)27-28-26(29)21(2)31-25-17-15-24(16-18-25)30-19-23-11-7-4-8-12-23/h3-18,21H,19H2,1-2H3,(H,28,29)/b14-13+,27-20-/t21-/m0/s1. The summed E-state index contributed by atoms with van der Waals surface area (Å²) in [6.07, 6.45) is 3.09. The second-order valence-corrected chi connectivity index (χ2v) is 6.98. The molecule has 0 heterocycles. The summed E-state index contributed by atoms with van der Waals surface area (Å²) in [6.45, 7) is 4.00. The number of nitrogens with zero attached hydrogens (tertiary/aromatic N) is 1. The summed E-state index contributed by atoms with van der Waals surface area (Å²) in [4.78, 5) is 12.3. The lowest BCUT2D eigenvalue weighted by Gasteiger charge is -2.13. The zero-order chi connectivity index (χ0) is 21.9. The zero-order valence-corrected chi connectivity index (χ0v) is 17.7. The monoisotopic (exact) mass is 414 g/mol. The van der Waals surface area contributed by atoms with E-state index in [0.29, 0.717) is 18.1 Å². The number of ether oxygens (including phenoxy) is 2. The van der Waals surface area contributed by atoms with Crippen molar-refractivity contribution in [3.63, 3.8) is 0 Å². The summed E-state index contributed by atoms with van der Waals surface area (Å²) in [5, 5.41) is 4.10. The van der Waals surface area contributed by atoms with Crippen molar-refractivity contribution in [1.29, 1.82) is 0 Å². The van der Waals surface area contributed by atoms with Crippen LogP contribution in [0.4, 0.5) is 0 Å². The summed E-state index contributed by atoms with van der Waals surface area (Å²) >= 11 is 0. The third-order valence-corrected chi connectivity index (χ3v) is 4.41. The average molecular weight is 415 g/mol. The van der Waals surface area contributed by atoms with Gasteiger partial charge in [-0.1, -0.05) is 66.7 Å². The lowest BCUT2D eigenvalue weighted by molar-refractivity contribution is -0.127. The molecule has 0 aliphatic rings. The summed E-state index contributed by atoms with van der Waals surface area (Å²) in [7, 11) is 0. The topological polar surface area (TPSA) is 59.9 Å². The molecule has 0 fully saturated rings. The minimum atomic E-state index is -0.689. The van der Waals surface area contributed by atoms with Crippen molar-refractivity contribution in [3.05, 3.63) is 102 Å². The Kier molecular flexibility index (Phi) is 8.00. The molecule has 31 heavy (non-hydrogen) atoms. The Morgan fingerprint density at radius 3 is 2.23 bits per heavy atom. The smallest absolute Gasteiger partial charge is 0.280 e. The van der Waals surface area contributed by atoms with Gasteiger partial charge in [0.2, 0.25) is 0 Å². The van der Waals surface area contributed by atoms with Gasteiger partial charge in [0, 0.05) is 0 Å². The van der Waals surface area contributed by atoms with Crippen molar-refractivity contribution < 1.29 is 14.3 Å². The van der Waals surface area contributed by atoms with Gasteiger partial charge in [-0.25, -0.2) is 5.43 Å².